The second-order valence-corrected chi connectivity index (χ2v) is 10.6. The fourth-order valence-corrected chi connectivity index (χ4v) is 4.98. The van der Waals surface area contributed by atoms with E-state index in [0.717, 1.165) is 63.5 Å². The maximum absolute atomic E-state index is 12.6. The fraction of sp³-hybridized carbons (Fsp3) is 0.471. The van der Waals surface area contributed by atoms with E-state index in [0.29, 0.717) is 19.4 Å². The van der Waals surface area contributed by atoms with Crippen LogP contribution in [0, 0.1) is 0 Å². The van der Waals surface area contributed by atoms with Gasteiger partial charge in [-0.05, 0) is 82.1 Å². The van der Waals surface area contributed by atoms with Gasteiger partial charge in [0.25, 0.3) is 5.91 Å². The van der Waals surface area contributed by atoms with Crippen LogP contribution in [-0.4, -0.2) is 34.3 Å². The Kier molecular flexibility index (Phi) is 21.3. The molecule has 1 atom stereocenters. The molecule has 2 N–H and O–H groups in total. The zero-order valence-electron chi connectivity index (χ0n) is 24.0. The minimum Gasteiger partial charge on any atom is -0.507 e. The molecule has 0 bridgehead atoms. The predicted molar refractivity (Wildman–Crippen MR) is 170 cm³/mol. The Balaban J connectivity index is 2.05. The molecule has 0 heterocycles. The lowest BCUT2D eigenvalue weighted by molar-refractivity contribution is -0.118. The normalized spacial score (nSPS) is 13.0. The molecule has 0 radical (unpaired) electrons. The monoisotopic (exact) mass is 551 g/mol. The van der Waals surface area contributed by atoms with Crippen molar-refractivity contribution >= 4 is 23.5 Å². The zero-order valence-corrected chi connectivity index (χ0v) is 24.8. The number of unbranched alkanes of at least 4 members (excludes halogenated alkanes) is 2. The summed E-state index contributed by atoms with van der Waals surface area (Å²) in [6.07, 6.45) is 32.5. The topological polar surface area (TPSA) is 66.4 Å². The average molecular weight is 552 g/mol. The number of phenols is 1. The maximum Gasteiger partial charge on any atom is 0.255 e. The predicted octanol–water partition coefficient (Wildman–Crippen LogP) is 8.90. The number of hydrogen-bond donors (Lipinski definition) is 2. The van der Waals surface area contributed by atoms with E-state index in [-0.39, 0.29) is 28.3 Å². The molecule has 1 rings (SSSR count). The van der Waals surface area contributed by atoms with Crippen molar-refractivity contribution in [1.29, 1.82) is 0 Å². The summed E-state index contributed by atoms with van der Waals surface area (Å²) in [6, 6.07) is 6.47. The molecule has 0 aromatic heterocycles. The molecule has 4 nitrogen and oxygen atoms in total. The number of ketones is 1. The summed E-state index contributed by atoms with van der Waals surface area (Å²) in [4.78, 5) is 24.7. The number of thioether (sulfide) groups is 1. The van der Waals surface area contributed by atoms with Crippen LogP contribution in [0.4, 0.5) is 0 Å². The van der Waals surface area contributed by atoms with Crippen LogP contribution < -0.4 is 5.32 Å². The molecule has 0 aliphatic carbocycles. The third kappa shape index (κ3) is 18.2. The number of Topliss-reactive ketones (excluding diaryl/α,β-unsaturated/α-hetero) is 1. The van der Waals surface area contributed by atoms with Crippen molar-refractivity contribution in [3.63, 3.8) is 0 Å². The Morgan fingerprint density at radius 2 is 1.41 bits per heavy atom. The standard InChI is InChI=1S/C34H49NO3S/c1-3-5-6-7-8-9-10-11-12-13-14-15-16-17-18-19-20-23-29-39-33(4-2)32(37)27-24-28-35-34(38)30-25-21-22-26-31(30)36/h5-6,8-9,11-12,14-15,17-18,21-22,25-26,33,36H,3-4,7,10,13,16,19-20,23-24,27-29H2,1-2H3,(H,35,38)/b6-5-,9-8-,12-11-,15-14-,18-17-/t33-/m0/s1. The van der Waals surface area contributed by atoms with Gasteiger partial charge in [-0.15, -0.1) is 0 Å². The van der Waals surface area contributed by atoms with Crippen LogP contribution in [0.15, 0.2) is 85.0 Å². The van der Waals surface area contributed by atoms with Crippen molar-refractivity contribution in [3.05, 3.63) is 90.6 Å². The quantitative estimate of drug-likeness (QED) is 0.112. The number of carbonyl (C=O) groups excluding carboxylic acids is 2. The smallest absolute Gasteiger partial charge is 0.255 e. The molecule has 0 spiro atoms. The number of benzene rings is 1. The van der Waals surface area contributed by atoms with Gasteiger partial charge in [0.15, 0.2) is 0 Å². The summed E-state index contributed by atoms with van der Waals surface area (Å²) in [7, 11) is 0. The van der Waals surface area contributed by atoms with E-state index in [1.165, 1.54) is 6.07 Å². The van der Waals surface area contributed by atoms with Gasteiger partial charge in [0.05, 0.1) is 10.8 Å². The second kappa shape index (κ2) is 24.3. The summed E-state index contributed by atoms with van der Waals surface area (Å²) in [5, 5.41) is 12.6. The molecule has 0 saturated carbocycles. The van der Waals surface area contributed by atoms with Crippen molar-refractivity contribution in [2.45, 2.75) is 89.7 Å². The van der Waals surface area contributed by atoms with E-state index in [2.05, 4.69) is 79.9 Å². The molecular formula is C34H49NO3S. The van der Waals surface area contributed by atoms with Gasteiger partial charge in [-0.25, -0.2) is 0 Å². The Hall–Kier alpha value is -2.79. The average Bonchev–Trinajstić information content (AvgIpc) is 2.94. The third-order valence-corrected chi connectivity index (χ3v) is 7.53. The SMILES string of the molecule is CC/C=C\C/C=C\C/C=C\C/C=C\C/C=C\CCCCS[C@@H](CC)C(=O)CCCNC(=O)c1ccccc1O. The van der Waals surface area contributed by atoms with Crippen molar-refractivity contribution in [2.75, 3.05) is 12.3 Å². The minimum absolute atomic E-state index is 0.0325. The number of hydrogen-bond acceptors (Lipinski definition) is 4. The van der Waals surface area contributed by atoms with Crippen LogP contribution in [0.25, 0.3) is 0 Å². The second-order valence-electron chi connectivity index (χ2n) is 9.31. The Labute approximate surface area is 241 Å². The van der Waals surface area contributed by atoms with Crippen LogP contribution in [-0.2, 0) is 4.79 Å². The van der Waals surface area contributed by atoms with E-state index in [1.54, 1.807) is 30.0 Å². The number of allylic oxidation sites excluding steroid dienone is 10. The lowest BCUT2D eigenvalue weighted by Gasteiger charge is -2.13. The summed E-state index contributed by atoms with van der Waals surface area (Å²) in [5.41, 5.74) is 0.260. The van der Waals surface area contributed by atoms with E-state index >= 15 is 0 Å². The van der Waals surface area contributed by atoms with Crippen molar-refractivity contribution < 1.29 is 14.7 Å². The van der Waals surface area contributed by atoms with Crippen LogP contribution >= 0.6 is 11.8 Å². The lowest BCUT2D eigenvalue weighted by atomic mass is 10.1. The number of aromatic hydroxyl groups is 1. The van der Waals surface area contributed by atoms with Gasteiger partial charge in [0, 0.05) is 13.0 Å². The van der Waals surface area contributed by atoms with E-state index in [1.807, 2.05) is 0 Å². The van der Waals surface area contributed by atoms with E-state index in [4.69, 9.17) is 0 Å². The van der Waals surface area contributed by atoms with Crippen molar-refractivity contribution in [2.24, 2.45) is 0 Å². The first-order valence-corrected chi connectivity index (χ1v) is 15.6. The van der Waals surface area contributed by atoms with E-state index < -0.39 is 0 Å². The molecule has 0 saturated heterocycles. The lowest BCUT2D eigenvalue weighted by Crippen LogP contribution is -2.26. The number of amides is 1. The number of nitrogens with one attached hydrogen (secondary N) is 1. The molecule has 214 valence electrons. The summed E-state index contributed by atoms with van der Waals surface area (Å²) >= 11 is 1.76. The summed E-state index contributed by atoms with van der Waals surface area (Å²) in [6.45, 7) is 4.64. The largest absolute Gasteiger partial charge is 0.507 e. The van der Waals surface area contributed by atoms with Gasteiger partial charge in [-0.1, -0.05) is 86.7 Å². The fourth-order valence-electron chi connectivity index (χ4n) is 3.78. The Bertz CT molecular complexity index is 946. The molecular weight excluding hydrogens is 502 g/mol. The van der Waals surface area contributed by atoms with Crippen molar-refractivity contribution in [1.82, 2.24) is 5.32 Å². The first kappa shape index (κ1) is 34.2. The van der Waals surface area contributed by atoms with E-state index in [9.17, 15) is 14.7 Å². The van der Waals surface area contributed by atoms with Crippen LogP contribution in [0.2, 0.25) is 0 Å². The Morgan fingerprint density at radius 1 is 0.821 bits per heavy atom. The minimum atomic E-state index is -0.311. The van der Waals surface area contributed by atoms with Gasteiger partial charge in [0.1, 0.15) is 11.5 Å². The van der Waals surface area contributed by atoms with Gasteiger partial charge in [0.2, 0.25) is 0 Å². The number of rotatable bonds is 22. The number of phenolic OH excluding ortho intramolecular Hbond substituents is 1. The highest BCUT2D eigenvalue weighted by molar-refractivity contribution is 8.00. The maximum atomic E-state index is 12.6. The first-order chi connectivity index (χ1) is 19.1. The highest BCUT2D eigenvalue weighted by atomic mass is 32.2. The molecule has 39 heavy (non-hydrogen) atoms. The highest BCUT2D eigenvalue weighted by Gasteiger charge is 2.16. The van der Waals surface area contributed by atoms with Crippen LogP contribution in [0.5, 0.6) is 5.75 Å². The summed E-state index contributed by atoms with van der Waals surface area (Å²) < 4.78 is 0. The molecule has 0 aliphatic heterocycles. The van der Waals surface area contributed by atoms with Crippen LogP contribution in [0.3, 0.4) is 0 Å². The molecule has 1 aromatic rings. The van der Waals surface area contributed by atoms with Crippen molar-refractivity contribution in [3.8, 4) is 5.75 Å². The number of carbonyl (C=O) groups is 2. The van der Waals surface area contributed by atoms with Gasteiger partial charge in [-0.2, -0.15) is 11.8 Å². The molecule has 1 amide bonds. The molecule has 1 aromatic carbocycles. The molecule has 5 heteroatoms. The van der Waals surface area contributed by atoms with Gasteiger partial charge < -0.3 is 10.4 Å². The molecule has 0 unspecified atom stereocenters. The van der Waals surface area contributed by atoms with Gasteiger partial charge in [-0.3, -0.25) is 9.59 Å². The van der Waals surface area contributed by atoms with Gasteiger partial charge >= 0.3 is 0 Å². The highest BCUT2D eigenvalue weighted by Crippen LogP contribution is 2.20. The number of para-hydroxylation sites is 1. The first-order valence-electron chi connectivity index (χ1n) is 14.6. The molecule has 0 aliphatic rings. The zero-order chi connectivity index (χ0) is 28.4. The molecule has 0 fully saturated rings. The van der Waals surface area contributed by atoms with Crippen LogP contribution in [0.1, 0.15) is 94.8 Å². The third-order valence-electron chi connectivity index (χ3n) is 6.01. The summed E-state index contributed by atoms with van der Waals surface area (Å²) in [5.74, 6) is 0.917. The Morgan fingerprint density at radius 3 is 2.00 bits per heavy atom.